The summed E-state index contributed by atoms with van der Waals surface area (Å²) < 4.78 is 0. The van der Waals surface area contributed by atoms with Crippen molar-refractivity contribution >= 4 is 34.0 Å². The number of rotatable bonds is 4. The molecule has 0 radical (unpaired) electrons. The van der Waals surface area contributed by atoms with Crippen LogP contribution in [0, 0.1) is 5.92 Å². The molecule has 23 heavy (non-hydrogen) atoms. The quantitative estimate of drug-likeness (QED) is 0.864. The molecule has 0 aliphatic carbocycles. The summed E-state index contributed by atoms with van der Waals surface area (Å²) in [6.45, 7) is 8.53. The molecule has 1 aromatic carbocycles. The molecule has 1 N–H and O–H groups in total. The lowest BCUT2D eigenvalue weighted by Crippen LogP contribution is -2.51. The maximum Gasteiger partial charge on any atom is 0.219 e. The van der Waals surface area contributed by atoms with Gasteiger partial charge in [0, 0.05) is 49.7 Å². The van der Waals surface area contributed by atoms with E-state index in [1.165, 1.54) is 5.56 Å². The van der Waals surface area contributed by atoms with Crippen LogP contribution in [0.5, 0.6) is 0 Å². The topological polar surface area (TPSA) is 45.2 Å². The standard InChI is InChI=1S/C18H22ClN3O/c1-11(2)14-4-5-17(16-8-21-18(19)6-15(14)16)20-7-13-9-22(10-13)12(3)23/h4-6,8,11,13,20H,7,9-10H2,1-3H3. The Hall–Kier alpha value is -1.81. The third-order valence-electron chi connectivity index (χ3n) is 4.51. The SMILES string of the molecule is CC(=O)N1CC(CNc2ccc(C(C)C)c3cc(Cl)ncc23)C1. The van der Waals surface area contributed by atoms with Crippen molar-refractivity contribution in [3.05, 3.63) is 35.1 Å². The molecule has 4 nitrogen and oxygen atoms in total. The summed E-state index contributed by atoms with van der Waals surface area (Å²) in [5, 5.41) is 6.29. The van der Waals surface area contributed by atoms with E-state index in [2.05, 4.69) is 36.3 Å². The van der Waals surface area contributed by atoms with Gasteiger partial charge in [-0.1, -0.05) is 31.5 Å². The van der Waals surface area contributed by atoms with E-state index in [9.17, 15) is 4.79 Å². The lowest BCUT2D eigenvalue weighted by atomic mass is 9.95. The summed E-state index contributed by atoms with van der Waals surface area (Å²) >= 11 is 6.08. The smallest absolute Gasteiger partial charge is 0.219 e. The lowest BCUT2D eigenvalue weighted by Gasteiger charge is -2.38. The largest absolute Gasteiger partial charge is 0.384 e. The van der Waals surface area contributed by atoms with E-state index in [-0.39, 0.29) is 5.91 Å². The molecule has 0 spiro atoms. The Morgan fingerprint density at radius 3 is 2.78 bits per heavy atom. The van der Waals surface area contributed by atoms with Crippen molar-refractivity contribution in [1.82, 2.24) is 9.88 Å². The molecule has 1 aromatic heterocycles. The average Bonchev–Trinajstić information content (AvgIpc) is 2.44. The van der Waals surface area contributed by atoms with Crippen molar-refractivity contribution in [3.8, 4) is 0 Å². The van der Waals surface area contributed by atoms with Crippen molar-refractivity contribution in [3.63, 3.8) is 0 Å². The minimum Gasteiger partial charge on any atom is -0.384 e. The number of halogens is 1. The molecule has 2 aromatic rings. The van der Waals surface area contributed by atoms with Gasteiger partial charge in [0.25, 0.3) is 0 Å². The minimum absolute atomic E-state index is 0.159. The molecular formula is C18H22ClN3O. The molecule has 1 fully saturated rings. The van der Waals surface area contributed by atoms with Gasteiger partial charge in [0.2, 0.25) is 5.91 Å². The molecule has 1 amide bonds. The highest BCUT2D eigenvalue weighted by Gasteiger charge is 2.28. The third kappa shape index (κ3) is 3.27. The zero-order valence-corrected chi connectivity index (χ0v) is 14.5. The van der Waals surface area contributed by atoms with E-state index in [0.717, 1.165) is 36.1 Å². The first-order valence-corrected chi connectivity index (χ1v) is 8.41. The fraction of sp³-hybridized carbons (Fsp3) is 0.444. The maximum atomic E-state index is 11.2. The number of carbonyl (C=O) groups excluding carboxylic acids is 1. The fourth-order valence-corrected chi connectivity index (χ4v) is 3.26. The molecule has 0 bridgehead atoms. The Kier molecular flexibility index (Phi) is 4.44. The summed E-state index contributed by atoms with van der Waals surface area (Å²) in [5.41, 5.74) is 2.36. The Labute approximate surface area is 141 Å². The number of fused-ring (bicyclic) bond motifs is 1. The molecule has 5 heteroatoms. The van der Waals surface area contributed by atoms with Gasteiger partial charge in [0.1, 0.15) is 5.15 Å². The van der Waals surface area contributed by atoms with E-state index >= 15 is 0 Å². The van der Waals surface area contributed by atoms with Gasteiger partial charge in [0.15, 0.2) is 0 Å². The highest BCUT2D eigenvalue weighted by molar-refractivity contribution is 6.30. The van der Waals surface area contributed by atoms with E-state index in [1.807, 2.05) is 17.2 Å². The molecular weight excluding hydrogens is 310 g/mol. The summed E-state index contributed by atoms with van der Waals surface area (Å²) in [4.78, 5) is 17.3. The Bertz CT molecular complexity index is 738. The van der Waals surface area contributed by atoms with Crippen LogP contribution in [0.15, 0.2) is 24.4 Å². The van der Waals surface area contributed by atoms with Crippen LogP contribution in [0.25, 0.3) is 10.8 Å². The van der Waals surface area contributed by atoms with Crippen LogP contribution < -0.4 is 5.32 Å². The number of benzene rings is 1. The van der Waals surface area contributed by atoms with Crippen LogP contribution in [-0.2, 0) is 4.79 Å². The molecule has 1 aliphatic rings. The van der Waals surface area contributed by atoms with Crippen LogP contribution in [-0.4, -0.2) is 35.4 Å². The lowest BCUT2D eigenvalue weighted by molar-refractivity contribution is -0.134. The van der Waals surface area contributed by atoms with Crippen LogP contribution >= 0.6 is 11.6 Å². The second-order valence-corrected chi connectivity index (χ2v) is 6.97. The van der Waals surface area contributed by atoms with Crippen LogP contribution in [0.1, 0.15) is 32.3 Å². The second kappa shape index (κ2) is 6.36. The van der Waals surface area contributed by atoms with Crippen molar-refractivity contribution in [2.45, 2.75) is 26.7 Å². The molecule has 3 rings (SSSR count). The Morgan fingerprint density at radius 1 is 1.39 bits per heavy atom. The zero-order chi connectivity index (χ0) is 16.6. The van der Waals surface area contributed by atoms with Gasteiger partial charge in [0.05, 0.1) is 0 Å². The predicted molar refractivity (Wildman–Crippen MR) is 95.1 cm³/mol. The van der Waals surface area contributed by atoms with Gasteiger partial charge in [-0.2, -0.15) is 0 Å². The van der Waals surface area contributed by atoms with Gasteiger partial charge < -0.3 is 10.2 Å². The summed E-state index contributed by atoms with van der Waals surface area (Å²) in [7, 11) is 0. The van der Waals surface area contributed by atoms with Crippen LogP contribution in [0.2, 0.25) is 5.15 Å². The van der Waals surface area contributed by atoms with Crippen molar-refractivity contribution in [2.75, 3.05) is 25.0 Å². The number of hydrogen-bond acceptors (Lipinski definition) is 3. The number of amides is 1. The first-order valence-electron chi connectivity index (χ1n) is 8.03. The van der Waals surface area contributed by atoms with Gasteiger partial charge in [-0.25, -0.2) is 4.98 Å². The molecule has 1 saturated heterocycles. The highest BCUT2D eigenvalue weighted by atomic mass is 35.5. The molecule has 0 saturated carbocycles. The summed E-state index contributed by atoms with van der Waals surface area (Å²) in [6.07, 6.45) is 1.84. The Morgan fingerprint density at radius 2 is 2.13 bits per heavy atom. The molecule has 2 heterocycles. The average molecular weight is 332 g/mol. The van der Waals surface area contributed by atoms with Crippen LogP contribution in [0.4, 0.5) is 5.69 Å². The number of likely N-dealkylation sites (tertiary alicyclic amines) is 1. The third-order valence-corrected chi connectivity index (χ3v) is 4.71. The minimum atomic E-state index is 0.159. The van der Waals surface area contributed by atoms with Gasteiger partial charge in [-0.05, 0) is 29.0 Å². The number of anilines is 1. The number of carbonyl (C=O) groups is 1. The molecule has 1 aliphatic heterocycles. The van der Waals surface area contributed by atoms with Crippen molar-refractivity contribution in [1.29, 1.82) is 0 Å². The van der Waals surface area contributed by atoms with E-state index in [4.69, 9.17) is 11.6 Å². The second-order valence-electron chi connectivity index (χ2n) is 6.58. The van der Waals surface area contributed by atoms with E-state index in [0.29, 0.717) is 17.0 Å². The van der Waals surface area contributed by atoms with E-state index < -0.39 is 0 Å². The highest BCUT2D eigenvalue weighted by Crippen LogP contribution is 2.32. The van der Waals surface area contributed by atoms with Gasteiger partial charge in [-0.3, -0.25) is 4.79 Å². The van der Waals surface area contributed by atoms with Gasteiger partial charge >= 0.3 is 0 Å². The molecule has 0 atom stereocenters. The van der Waals surface area contributed by atoms with Crippen LogP contribution in [0.3, 0.4) is 0 Å². The number of nitrogens with zero attached hydrogens (tertiary/aromatic N) is 2. The first-order chi connectivity index (χ1) is 11.0. The van der Waals surface area contributed by atoms with Gasteiger partial charge in [-0.15, -0.1) is 0 Å². The summed E-state index contributed by atoms with van der Waals surface area (Å²) in [5.74, 6) is 1.10. The monoisotopic (exact) mass is 331 g/mol. The summed E-state index contributed by atoms with van der Waals surface area (Å²) in [6, 6.07) is 6.22. The maximum absolute atomic E-state index is 11.2. The fourth-order valence-electron chi connectivity index (χ4n) is 3.10. The zero-order valence-electron chi connectivity index (χ0n) is 13.8. The number of pyridine rings is 1. The number of hydrogen-bond donors (Lipinski definition) is 1. The normalized spacial score (nSPS) is 15.1. The van der Waals surface area contributed by atoms with E-state index in [1.54, 1.807) is 6.92 Å². The molecule has 122 valence electrons. The van der Waals surface area contributed by atoms with Crippen molar-refractivity contribution in [2.24, 2.45) is 5.92 Å². The first kappa shape index (κ1) is 16.1. The Balaban J connectivity index is 1.79. The molecule has 0 unspecified atom stereocenters. The number of aromatic nitrogens is 1. The predicted octanol–water partition coefficient (Wildman–Crippen LogP) is 3.90. The van der Waals surface area contributed by atoms with Crippen molar-refractivity contribution < 1.29 is 4.79 Å². The number of nitrogens with one attached hydrogen (secondary N) is 1.